The predicted octanol–water partition coefficient (Wildman–Crippen LogP) is 3.25. The van der Waals surface area contributed by atoms with Crippen molar-refractivity contribution in [2.24, 2.45) is 0 Å². The molecule has 0 aromatic heterocycles. The van der Waals surface area contributed by atoms with E-state index in [4.69, 9.17) is 5.11 Å². The molecule has 5 nitrogen and oxygen atoms in total. The van der Waals surface area contributed by atoms with Crippen LogP contribution in [0.2, 0.25) is 0 Å². The Morgan fingerprint density at radius 2 is 1.88 bits per heavy atom. The number of hydrogen-bond donors (Lipinski definition) is 2. The molecule has 136 valence electrons. The normalized spacial score (nSPS) is 12.4. The van der Waals surface area contributed by atoms with E-state index in [0.29, 0.717) is 13.0 Å². The fraction of sp³-hybridized carbons (Fsp3) is 0.467. The smallest absolute Gasteiger partial charge is 0.418 e. The minimum Gasteiger partial charge on any atom is -0.480 e. The molecule has 0 fully saturated rings. The van der Waals surface area contributed by atoms with E-state index in [1.165, 1.54) is 24.0 Å². The van der Waals surface area contributed by atoms with Gasteiger partial charge in [0.25, 0.3) is 0 Å². The number of rotatable bonds is 7. The number of anilines is 1. The van der Waals surface area contributed by atoms with Crippen LogP contribution < -0.4 is 5.32 Å². The molecule has 0 aliphatic rings. The minimum atomic E-state index is -4.59. The summed E-state index contributed by atoms with van der Waals surface area (Å²) in [6, 6.07) is 3.79. The van der Waals surface area contributed by atoms with Crippen LogP contribution in [0.4, 0.5) is 18.9 Å². The quantitative estimate of drug-likeness (QED) is 0.775. The Morgan fingerprint density at radius 3 is 2.38 bits per heavy atom. The van der Waals surface area contributed by atoms with E-state index in [1.807, 2.05) is 6.92 Å². The van der Waals surface area contributed by atoms with E-state index < -0.39 is 29.7 Å². The molecule has 1 rings (SSSR count). The molecule has 1 aromatic carbocycles. The maximum absolute atomic E-state index is 12.9. The number of para-hydroxylation sites is 1. The number of hydrogen-bond acceptors (Lipinski definition) is 3. The molecule has 0 radical (unpaired) electrons. The molecule has 9 heteroatoms. The van der Waals surface area contributed by atoms with Crippen LogP contribution in [0.3, 0.4) is 0 Å². The number of halogens is 4. The molecule has 0 aliphatic carbocycles. The van der Waals surface area contributed by atoms with E-state index in [9.17, 15) is 22.8 Å². The van der Waals surface area contributed by atoms with Crippen LogP contribution in [0.25, 0.3) is 0 Å². The van der Waals surface area contributed by atoms with E-state index in [0.717, 1.165) is 12.1 Å². The van der Waals surface area contributed by atoms with Crippen molar-refractivity contribution >= 4 is 30.0 Å². The zero-order chi connectivity index (χ0) is 17.6. The summed E-state index contributed by atoms with van der Waals surface area (Å²) in [6.07, 6.45) is -3.97. The van der Waals surface area contributed by atoms with Crippen LogP contribution in [0.15, 0.2) is 24.3 Å². The lowest BCUT2D eigenvalue weighted by molar-refractivity contribution is -0.139. The first-order valence-corrected chi connectivity index (χ1v) is 7.09. The van der Waals surface area contributed by atoms with Crippen LogP contribution in [0.1, 0.15) is 25.8 Å². The van der Waals surface area contributed by atoms with Crippen LogP contribution in [-0.2, 0) is 15.8 Å². The maximum Gasteiger partial charge on any atom is 0.418 e. The number of nitrogens with one attached hydrogen (secondary N) is 1. The van der Waals surface area contributed by atoms with E-state index in [2.05, 4.69) is 5.32 Å². The zero-order valence-electron chi connectivity index (χ0n) is 13.3. The number of benzene rings is 1. The lowest BCUT2D eigenvalue weighted by Crippen LogP contribution is -2.45. The first-order chi connectivity index (χ1) is 10.7. The number of carbonyl (C=O) groups is 2. The number of carboxylic acid groups (broad SMARTS) is 1. The van der Waals surface area contributed by atoms with Gasteiger partial charge in [-0.25, -0.2) is 0 Å². The minimum absolute atomic E-state index is 0. The van der Waals surface area contributed by atoms with Crippen LogP contribution >= 0.6 is 12.4 Å². The second-order valence-corrected chi connectivity index (χ2v) is 5.07. The first-order valence-electron chi connectivity index (χ1n) is 7.09. The summed E-state index contributed by atoms with van der Waals surface area (Å²) in [6.45, 7) is 3.27. The summed E-state index contributed by atoms with van der Waals surface area (Å²) < 4.78 is 38.7. The number of carbonyl (C=O) groups excluding carboxylic acids is 1. The van der Waals surface area contributed by atoms with Gasteiger partial charge in [0, 0.05) is 0 Å². The average molecular weight is 369 g/mol. The highest BCUT2D eigenvalue weighted by molar-refractivity contribution is 5.95. The standard InChI is InChI=1S/C15H19F3N2O3.ClH/c1-3-8-20(9-13(21)22)10(2)14(23)19-12-7-5-4-6-11(12)15(16,17)18;/h4-7,10H,3,8-9H2,1-2H3,(H,19,23)(H,21,22);1H. The summed E-state index contributed by atoms with van der Waals surface area (Å²) in [5.74, 6) is -1.79. The lowest BCUT2D eigenvalue weighted by atomic mass is 10.1. The molecule has 0 aliphatic heterocycles. The number of carboxylic acids is 1. The molecule has 1 aromatic rings. The molecule has 1 atom stereocenters. The number of amides is 1. The molecule has 0 spiro atoms. The lowest BCUT2D eigenvalue weighted by Gasteiger charge is -2.26. The topological polar surface area (TPSA) is 69.6 Å². The van der Waals surface area contributed by atoms with Gasteiger partial charge in [0.1, 0.15) is 0 Å². The van der Waals surface area contributed by atoms with Gasteiger partial charge in [0.2, 0.25) is 5.91 Å². The first kappa shape index (κ1) is 22.2. The zero-order valence-corrected chi connectivity index (χ0v) is 14.1. The van der Waals surface area contributed by atoms with Gasteiger partial charge in [0.05, 0.1) is 23.8 Å². The fourth-order valence-corrected chi connectivity index (χ4v) is 2.11. The van der Waals surface area contributed by atoms with Crippen LogP contribution in [-0.4, -0.2) is 41.0 Å². The largest absolute Gasteiger partial charge is 0.480 e. The highest BCUT2D eigenvalue weighted by Gasteiger charge is 2.34. The van der Waals surface area contributed by atoms with Gasteiger partial charge in [-0.05, 0) is 32.0 Å². The molecule has 0 saturated carbocycles. The molecule has 1 amide bonds. The van der Waals surface area contributed by atoms with Crippen molar-refractivity contribution in [3.05, 3.63) is 29.8 Å². The Balaban J connectivity index is 0.00000529. The van der Waals surface area contributed by atoms with Gasteiger partial charge in [-0.3, -0.25) is 14.5 Å². The molecule has 0 heterocycles. The van der Waals surface area contributed by atoms with Gasteiger partial charge in [-0.15, -0.1) is 12.4 Å². The third-order valence-electron chi connectivity index (χ3n) is 3.27. The summed E-state index contributed by atoms with van der Waals surface area (Å²) in [4.78, 5) is 24.4. The average Bonchev–Trinajstić information content (AvgIpc) is 2.45. The van der Waals surface area contributed by atoms with E-state index >= 15 is 0 Å². The molecule has 2 N–H and O–H groups in total. The summed E-state index contributed by atoms with van der Waals surface area (Å²) >= 11 is 0. The highest BCUT2D eigenvalue weighted by atomic mass is 35.5. The van der Waals surface area contributed by atoms with Crippen molar-refractivity contribution in [3.8, 4) is 0 Å². The third kappa shape index (κ3) is 6.37. The fourth-order valence-electron chi connectivity index (χ4n) is 2.11. The monoisotopic (exact) mass is 368 g/mol. The second kappa shape index (κ2) is 9.48. The Morgan fingerprint density at radius 1 is 1.29 bits per heavy atom. The van der Waals surface area contributed by atoms with E-state index in [-0.39, 0.29) is 24.6 Å². The number of aliphatic carboxylic acids is 1. The molecule has 0 saturated heterocycles. The SMILES string of the molecule is CCCN(CC(=O)O)C(C)C(=O)Nc1ccccc1C(F)(F)F.Cl. The van der Waals surface area contributed by atoms with Crippen molar-refractivity contribution < 1.29 is 27.9 Å². The molecule has 24 heavy (non-hydrogen) atoms. The van der Waals surface area contributed by atoms with Crippen LogP contribution in [0.5, 0.6) is 0 Å². The van der Waals surface area contributed by atoms with Gasteiger partial charge in [-0.2, -0.15) is 13.2 Å². The van der Waals surface area contributed by atoms with Gasteiger partial charge in [0.15, 0.2) is 0 Å². The summed E-state index contributed by atoms with van der Waals surface area (Å²) in [5, 5.41) is 11.1. The summed E-state index contributed by atoms with van der Waals surface area (Å²) in [7, 11) is 0. The maximum atomic E-state index is 12.9. The van der Waals surface area contributed by atoms with E-state index in [1.54, 1.807) is 0 Å². The molecular formula is C15H20ClF3N2O3. The van der Waals surface area contributed by atoms with Crippen molar-refractivity contribution in [1.82, 2.24) is 4.90 Å². The Labute approximate surface area is 144 Å². The van der Waals surface area contributed by atoms with Gasteiger partial charge >= 0.3 is 12.1 Å². The molecular weight excluding hydrogens is 349 g/mol. The Hall–Kier alpha value is -1.80. The predicted molar refractivity (Wildman–Crippen MR) is 86.3 cm³/mol. The third-order valence-corrected chi connectivity index (χ3v) is 3.27. The molecule has 1 unspecified atom stereocenters. The van der Waals surface area contributed by atoms with Gasteiger partial charge in [-0.1, -0.05) is 19.1 Å². The second-order valence-electron chi connectivity index (χ2n) is 5.07. The number of alkyl halides is 3. The van der Waals surface area contributed by atoms with Crippen molar-refractivity contribution in [3.63, 3.8) is 0 Å². The van der Waals surface area contributed by atoms with Crippen molar-refractivity contribution in [2.45, 2.75) is 32.5 Å². The Bertz CT molecular complexity index is 567. The molecule has 0 bridgehead atoms. The van der Waals surface area contributed by atoms with Crippen molar-refractivity contribution in [2.75, 3.05) is 18.4 Å². The summed E-state index contributed by atoms with van der Waals surface area (Å²) in [5.41, 5.74) is -1.29. The van der Waals surface area contributed by atoms with Crippen LogP contribution in [0, 0.1) is 0 Å². The Kier molecular flexibility index (Phi) is 8.77. The van der Waals surface area contributed by atoms with Crippen molar-refractivity contribution in [1.29, 1.82) is 0 Å². The highest BCUT2D eigenvalue weighted by Crippen LogP contribution is 2.34. The van der Waals surface area contributed by atoms with Gasteiger partial charge < -0.3 is 10.4 Å². The number of nitrogens with zero attached hydrogens (tertiary/aromatic N) is 1.